The molecular weight excluding hydrogens is 226 g/mol. The molecule has 0 amide bonds. The van der Waals surface area contributed by atoms with Crippen molar-refractivity contribution in [1.82, 2.24) is 0 Å². The van der Waals surface area contributed by atoms with Crippen LogP contribution in [-0.4, -0.2) is 24.2 Å². The maximum absolute atomic E-state index is 10.9. The molecule has 0 bridgehead atoms. The number of carboxylic acid groups (broad SMARTS) is 1. The number of fused-ring (bicyclic) bond motifs is 1. The van der Waals surface area contributed by atoms with E-state index in [2.05, 4.69) is 23.1 Å². The van der Waals surface area contributed by atoms with E-state index in [1.165, 1.54) is 42.5 Å². The van der Waals surface area contributed by atoms with Crippen LogP contribution in [0.4, 0.5) is 5.69 Å². The third-order valence-electron chi connectivity index (χ3n) is 4.31. The van der Waals surface area contributed by atoms with Crippen LogP contribution < -0.4 is 4.90 Å². The molecular formula is C15H19NO2. The molecule has 0 aliphatic heterocycles. The van der Waals surface area contributed by atoms with Crippen molar-refractivity contribution < 1.29 is 9.90 Å². The Kier molecular flexibility index (Phi) is 2.77. The van der Waals surface area contributed by atoms with Crippen LogP contribution in [0.3, 0.4) is 0 Å². The monoisotopic (exact) mass is 245 g/mol. The minimum absolute atomic E-state index is 0.175. The number of nitrogens with zero attached hydrogens (tertiary/aromatic N) is 1. The van der Waals surface area contributed by atoms with Gasteiger partial charge < -0.3 is 10.0 Å². The van der Waals surface area contributed by atoms with Crippen LogP contribution >= 0.6 is 0 Å². The van der Waals surface area contributed by atoms with E-state index in [1.807, 2.05) is 7.05 Å². The van der Waals surface area contributed by atoms with Crippen molar-refractivity contribution in [3.05, 3.63) is 29.3 Å². The normalized spacial score (nSPS) is 25.4. The average molecular weight is 245 g/mol. The van der Waals surface area contributed by atoms with Crippen molar-refractivity contribution in [2.75, 3.05) is 11.9 Å². The molecule has 0 heterocycles. The van der Waals surface area contributed by atoms with E-state index in [1.54, 1.807) is 0 Å². The van der Waals surface area contributed by atoms with Crippen molar-refractivity contribution in [3.63, 3.8) is 0 Å². The van der Waals surface area contributed by atoms with Crippen molar-refractivity contribution in [2.24, 2.45) is 5.92 Å². The molecule has 3 heteroatoms. The second kappa shape index (κ2) is 4.30. The largest absolute Gasteiger partial charge is 0.481 e. The fourth-order valence-electron chi connectivity index (χ4n) is 3.01. The number of hydrogen-bond donors (Lipinski definition) is 1. The summed E-state index contributed by atoms with van der Waals surface area (Å²) in [6, 6.07) is 6.80. The van der Waals surface area contributed by atoms with E-state index >= 15 is 0 Å². The lowest BCUT2D eigenvalue weighted by Crippen LogP contribution is -2.23. The fourth-order valence-corrected chi connectivity index (χ4v) is 3.01. The summed E-state index contributed by atoms with van der Waals surface area (Å²) in [6.45, 7) is 0. The molecule has 0 spiro atoms. The molecule has 96 valence electrons. The Balaban J connectivity index is 1.78. The van der Waals surface area contributed by atoms with Crippen molar-refractivity contribution >= 4 is 11.7 Å². The van der Waals surface area contributed by atoms with Gasteiger partial charge in [0.1, 0.15) is 0 Å². The van der Waals surface area contributed by atoms with E-state index in [9.17, 15) is 4.79 Å². The molecule has 0 saturated heterocycles. The van der Waals surface area contributed by atoms with E-state index in [4.69, 9.17) is 5.11 Å². The first-order valence-corrected chi connectivity index (χ1v) is 6.74. The zero-order chi connectivity index (χ0) is 12.7. The number of hydrogen-bond acceptors (Lipinski definition) is 2. The lowest BCUT2D eigenvalue weighted by molar-refractivity contribution is -0.138. The van der Waals surface area contributed by atoms with Gasteiger partial charge in [0, 0.05) is 18.8 Å². The topological polar surface area (TPSA) is 40.5 Å². The molecule has 1 aromatic rings. The summed E-state index contributed by atoms with van der Waals surface area (Å²) in [5.74, 6) is -0.837. The van der Waals surface area contributed by atoms with Crippen molar-refractivity contribution in [1.29, 1.82) is 0 Å². The molecule has 0 aromatic heterocycles. The molecule has 0 radical (unpaired) electrons. The lowest BCUT2D eigenvalue weighted by Gasteiger charge is -2.23. The Bertz CT molecular complexity index is 483. The van der Waals surface area contributed by atoms with Gasteiger partial charge in [0.15, 0.2) is 0 Å². The van der Waals surface area contributed by atoms with Crippen LogP contribution in [0.2, 0.25) is 0 Å². The van der Waals surface area contributed by atoms with Gasteiger partial charge in [0.05, 0.1) is 5.92 Å². The molecule has 2 aliphatic carbocycles. The summed E-state index contributed by atoms with van der Waals surface area (Å²) in [6.07, 6.45) is 5.72. The van der Waals surface area contributed by atoms with Gasteiger partial charge in [-0.15, -0.1) is 0 Å². The number of aliphatic carboxylic acids is 1. The Morgan fingerprint density at radius 1 is 1.28 bits per heavy atom. The van der Waals surface area contributed by atoms with Gasteiger partial charge in [-0.3, -0.25) is 4.79 Å². The van der Waals surface area contributed by atoms with E-state index < -0.39 is 5.97 Å². The lowest BCUT2D eigenvalue weighted by atomic mass is 9.91. The standard InChI is InChI=1S/C15H19NO2/c1-16(14-9-13(14)15(17)18)12-7-6-10-4-2-3-5-11(10)8-12/h6-8,13-14H,2-5,9H2,1H3,(H,17,18). The first-order chi connectivity index (χ1) is 8.66. The van der Waals surface area contributed by atoms with Gasteiger partial charge >= 0.3 is 5.97 Å². The van der Waals surface area contributed by atoms with Gasteiger partial charge in [-0.2, -0.15) is 0 Å². The maximum Gasteiger partial charge on any atom is 0.308 e. The zero-order valence-corrected chi connectivity index (χ0v) is 10.7. The van der Waals surface area contributed by atoms with Crippen LogP contribution in [0.5, 0.6) is 0 Å². The van der Waals surface area contributed by atoms with Gasteiger partial charge in [-0.05, 0) is 55.4 Å². The third kappa shape index (κ3) is 1.98. The van der Waals surface area contributed by atoms with Crippen LogP contribution in [0.25, 0.3) is 0 Å². The number of carbonyl (C=O) groups is 1. The molecule has 2 aliphatic rings. The Labute approximate surface area is 107 Å². The predicted octanol–water partition coefficient (Wildman–Crippen LogP) is 2.47. The van der Waals surface area contributed by atoms with Gasteiger partial charge in [0.25, 0.3) is 0 Å². The highest BCUT2D eigenvalue weighted by Crippen LogP contribution is 2.38. The minimum atomic E-state index is -0.662. The second-order valence-corrected chi connectivity index (χ2v) is 5.52. The first-order valence-electron chi connectivity index (χ1n) is 6.74. The summed E-state index contributed by atoms with van der Waals surface area (Å²) < 4.78 is 0. The number of aryl methyl sites for hydroxylation is 2. The Morgan fingerprint density at radius 3 is 2.67 bits per heavy atom. The molecule has 1 saturated carbocycles. The molecule has 3 nitrogen and oxygen atoms in total. The summed E-state index contributed by atoms with van der Waals surface area (Å²) in [5.41, 5.74) is 4.10. The molecule has 18 heavy (non-hydrogen) atoms. The summed E-state index contributed by atoms with van der Waals surface area (Å²) in [5, 5.41) is 8.98. The Morgan fingerprint density at radius 2 is 2.00 bits per heavy atom. The first kappa shape index (κ1) is 11.6. The predicted molar refractivity (Wildman–Crippen MR) is 71.0 cm³/mol. The van der Waals surface area contributed by atoms with Crippen LogP contribution in [0.15, 0.2) is 18.2 Å². The molecule has 2 unspecified atom stereocenters. The quantitative estimate of drug-likeness (QED) is 0.889. The number of benzene rings is 1. The third-order valence-corrected chi connectivity index (χ3v) is 4.31. The summed E-state index contributed by atoms with van der Waals surface area (Å²) in [7, 11) is 2.01. The number of carboxylic acids is 1. The average Bonchev–Trinajstić information content (AvgIpc) is 3.17. The summed E-state index contributed by atoms with van der Waals surface area (Å²) >= 11 is 0. The van der Waals surface area contributed by atoms with E-state index in [0.29, 0.717) is 0 Å². The van der Waals surface area contributed by atoms with Crippen LogP contribution in [-0.2, 0) is 17.6 Å². The maximum atomic E-state index is 10.9. The molecule has 1 N–H and O–H groups in total. The SMILES string of the molecule is CN(c1ccc2c(c1)CCCC2)C1CC1C(=O)O. The zero-order valence-electron chi connectivity index (χ0n) is 10.7. The number of anilines is 1. The van der Waals surface area contributed by atoms with E-state index in [0.717, 1.165) is 6.42 Å². The van der Waals surface area contributed by atoms with Crippen molar-refractivity contribution in [3.8, 4) is 0 Å². The molecule has 1 aromatic carbocycles. The van der Waals surface area contributed by atoms with E-state index in [-0.39, 0.29) is 12.0 Å². The minimum Gasteiger partial charge on any atom is -0.481 e. The van der Waals surface area contributed by atoms with Crippen LogP contribution in [0, 0.1) is 5.92 Å². The fraction of sp³-hybridized carbons (Fsp3) is 0.533. The van der Waals surface area contributed by atoms with Gasteiger partial charge in [-0.1, -0.05) is 6.07 Å². The highest BCUT2D eigenvalue weighted by atomic mass is 16.4. The molecule has 3 rings (SSSR count). The van der Waals surface area contributed by atoms with Gasteiger partial charge in [0.2, 0.25) is 0 Å². The van der Waals surface area contributed by atoms with Crippen LogP contribution in [0.1, 0.15) is 30.4 Å². The summed E-state index contributed by atoms with van der Waals surface area (Å²) in [4.78, 5) is 13.0. The highest BCUT2D eigenvalue weighted by Gasteiger charge is 2.46. The van der Waals surface area contributed by atoms with Crippen molar-refractivity contribution in [2.45, 2.75) is 38.1 Å². The molecule has 1 fully saturated rings. The second-order valence-electron chi connectivity index (χ2n) is 5.52. The van der Waals surface area contributed by atoms with Gasteiger partial charge in [-0.25, -0.2) is 0 Å². The molecule has 2 atom stereocenters. The highest BCUT2D eigenvalue weighted by molar-refractivity contribution is 5.76. The Hall–Kier alpha value is -1.51. The number of rotatable bonds is 3. The smallest absolute Gasteiger partial charge is 0.308 e.